The van der Waals surface area contributed by atoms with E-state index in [2.05, 4.69) is 9.84 Å². The number of hydrogen-bond acceptors (Lipinski definition) is 5. The molecule has 0 aromatic carbocycles. The van der Waals surface area contributed by atoms with Gasteiger partial charge in [-0.1, -0.05) is 19.3 Å². The van der Waals surface area contributed by atoms with Crippen LogP contribution >= 0.6 is 0 Å². The van der Waals surface area contributed by atoms with Crippen LogP contribution in [0.3, 0.4) is 0 Å². The Kier molecular flexibility index (Phi) is 4.75. The lowest BCUT2D eigenvalue weighted by atomic mass is 9.99. The van der Waals surface area contributed by atoms with Gasteiger partial charge in [0.25, 0.3) is 5.91 Å². The molecule has 1 heterocycles. The summed E-state index contributed by atoms with van der Waals surface area (Å²) < 4.78 is 4.62. The summed E-state index contributed by atoms with van der Waals surface area (Å²) in [5, 5.41) is 15.9. The van der Waals surface area contributed by atoms with Gasteiger partial charge in [0.15, 0.2) is 0 Å². The standard InChI is InChI=1S/C14H22N2O4/c1-9-10(8-13(18)20-2)14(19)16(15-9)11-6-4-3-5-7-12(11)17/h10-12,17H,3-8H2,1-2H3. The molecule has 0 aromatic heterocycles. The lowest BCUT2D eigenvalue weighted by Gasteiger charge is -2.27. The highest BCUT2D eigenvalue weighted by Gasteiger charge is 2.41. The summed E-state index contributed by atoms with van der Waals surface area (Å²) in [7, 11) is 1.31. The summed E-state index contributed by atoms with van der Waals surface area (Å²) in [5.74, 6) is -1.15. The zero-order valence-corrected chi connectivity index (χ0v) is 12.0. The Labute approximate surface area is 118 Å². The Balaban J connectivity index is 2.10. The van der Waals surface area contributed by atoms with Crippen LogP contribution in [-0.4, -0.2) is 47.0 Å². The third-order valence-corrected chi connectivity index (χ3v) is 4.15. The monoisotopic (exact) mass is 282 g/mol. The maximum atomic E-state index is 12.4. The number of aliphatic hydroxyl groups excluding tert-OH is 1. The minimum Gasteiger partial charge on any atom is -0.469 e. The number of esters is 1. The fourth-order valence-electron chi connectivity index (χ4n) is 2.90. The number of methoxy groups -OCH3 is 1. The quantitative estimate of drug-likeness (QED) is 0.620. The van der Waals surface area contributed by atoms with Crippen LogP contribution in [0.1, 0.15) is 45.4 Å². The van der Waals surface area contributed by atoms with Gasteiger partial charge in [-0.25, -0.2) is 5.01 Å². The van der Waals surface area contributed by atoms with Crippen molar-refractivity contribution in [2.75, 3.05) is 7.11 Å². The van der Waals surface area contributed by atoms with Crippen molar-refractivity contribution in [1.82, 2.24) is 5.01 Å². The third-order valence-electron chi connectivity index (χ3n) is 4.15. The molecule has 1 aliphatic carbocycles. The Morgan fingerprint density at radius 2 is 2.10 bits per heavy atom. The Bertz CT molecular complexity index is 421. The van der Waals surface area contributed by atoms with E-state index in [4.69, 9.17) is 0 Å². The van der Waals surface area contributed by atoms with Gasteiger partial charge in [-0.3, -0.25) is 9.59 Å². The van der Waals surface area contributed by atoms with E-state index in [0.29, 0.717) is 12.1 Å². The van der Waals surface area contributed by atoms with E-state index in [9.17, 15) is 14.7 Å². The van der Waals surface area contributed by atoms with E-state index in [1.165, 1.54) is 12.1 Å². The summed E-state index contributed by atoms with van der Waals surface area (Å²) in [6.07, 6.45) is 3.98. The molecule has 0 bridgehead atoms. The van der Waals surface area contributed by atoms with Gasteiger partial charge in [0.2, 0.25) is 0 Å². The zero-order chi connectivity index (χ0) is 14.7. The molecule has 1 N–H and O–H groups in total. The number of nitrogens with zero attached hydrogens (tertiary/aromatic N) is 2. The molecule has 20 heavy (non-hydrogen) atoms. The predicted octanol–water partition coefficient (Wildman–Crippen LogP) is 1.08. The van der Waals surface area contributed by atoms with Gasteiger partial charge < -0.3 is 9.84 Å². The first kappa shape index (κ1) is 15.0. The van der Waals surface area contributed by atoms with E-state index in [1.807, 2.05) is 0 Å². The van der Waals surface area contributed by atoms with Crippen molar-refractivity contribution in [1.29, 1.82) is 0 Å². The molecule has 1 amide bonds. The molecule has 6 heteroatoms. The van der Waals surface area contributed by atoms with Crippen molar-refractivity contribution in [3.8, 4) is 0 Å². The SMILES string of the molecule is COC(=O)CC1C(=O)N(C2CCCCCC2O)N=C1C. The molecule has 1 saturated carbocycles. The Hall–Kier alpha value is -1.43. The molecular formula is C14H22N2O4. The molecule has 1 fully saturated rings. The topological polar surface area (TPSA) is 79.2 Å². The second kappa shape index (κ2) is 6.35. The molecule has 6 nitrogen and oxygen atoms in total. The molecule has 2 rings (SSSR count). The van der Waals surface area contributed by atoms with Crippen molar-refractivity contribution < 1.29 is 19.4 Å². The van der Waals surface area contributed by atoms with Crippen LogP contribution in [0.25, 0.3) is 0 Å². The molecule has 2 aliphatic rings. The molecule has 0 radical (unpaired) electrons. The number of carbonyl (C=O) groups excluding carboxylic acids is 2. The largest absolute Gasteiger partial charge is 0.469 e. The van der Waals surface area contributed by atoms with E-state index in [1.54, 1.807) is 6.92 Å². The number of ether oxygens (including phenoxy) is 1. The van der Waals surface area contributed by atoms with Crippen molar-refractivity contribution in [3.63, 3.8) is 0 Å². The van der Waals surface area contributed by atoms with Crippen LogP contribution in [0.2, 0.25) is 0 Å². The molecule has 3 unspecified atom stereocenters. The van der Waals surface area contributed by atoms with Crippen LogP contribution in [0, 0.1) is 5.92 Å². The van der Waals surface area contributed by atoms with Crippen LogP contribution in [0.5, 0.6) is 0 Å². The lowest BCUT2D eigenvalue weighted by Crippen LogP contribution is -2.43. The number of amides is 1. The van der Waals surface area contributed by atoms with Crippen molar-refractivity contribution >= 4 is 17.6 Å². The highest BCUT2D eigenvalue weighted by atomic mass is 16.5. The molecule has 3 atom stereocenters. The number of aliphatic hydroxyl groups is 1. The average molecular weight is 282 g/mol. The van der Waals surface area contributed by atoms with E-state index >= 15 is 0 Å². The fourth-order valence-corrected chi connectivity index (χ4v) is 2.90. The average Bonchev–Trinajstić information content (AvgIpc) is 2.60. The molecule has 112 valence electrons. The van der Waals surface area contributed by atoms with Gasteiger partial charge in [0.1, 0.15) is 0 Å². The van der Waals surface area contributed by atoms with Gasteiger partial charge in [0, 0.05) is 5.71 Å². The van der Waals surface area contributed by atoms with Crippen molar-refractivity contribution in [3.05, 3.63) is 0 Å². The second-order valence-corrected chi connectivity index (χ2v) is 5.53. The zero-order valence-electron chi connectivity index (χ0n) is 12.0. The smallest absolute Gasteiger partial charge is 0.306 e. The second-order valence-electron chi connectivity index (χ2n) is 5.53. The van der Waals surface area contributed by atoms with E-state index in [0.717, 1.165) is 25.7 Å². The lowest BCUT2D eigenvalue weighted by molar-refractivity contribution is -0.145. The first-order chi connectivity index (χ1) is 9.54. The maximum Gasteiger partial charge on any atom is 0.306 e. The normalized spacial score (nSPS) is 30.9. The molecular weight excluding hydrogens is 260 g/mol. The molecule has 0 aromatic rings. The van der Waals surface area contributed by atoms with Gasteiger partial charge in [-0.05, 0) is 19.8 Å². The Morgan fingerprint density at radius 3 is 2.80 bits per heavy atom. The molecule has 0 saturated heterocycles. The van der Waals surface area contributed by atoms with Crippen LogP contribution in [0.4, 0.5) is 0 Å². The summed E-state index contributed by atoms with van der Waals surface area (Å²) in [6.45, 7) is 1.74. The van der Waals surface area contributed by atoms with Crippen molar-refractivity contribution in [2.24, 2.45) is 11.0 Å². The van der Waals surface area contributed by atoms with E-state index in [-0.39, 0.29) is 18.4 Å². The number of hydrazone groups is 1. The first-order valence-electron chi connectivity index (χ1n) is 7.17. The summed E-state index contributed by atoms with van der Waals surface area (Å²) in [5.41, 5.74) is 0.622. The van der Waals surface area contributed by atoms with Crippen LogP contribution in [0.15, 0.2) is 5.10 Å². The summed E-state index contributed by atoms with van der Waals surface area (Å²) >= 11 is 0. The minimum atomic E-state index is -0.544. The van der Waals surface area contributed by atoms with Gasteiger partial charge >= 0.3 is 5.97 Å². The molecule has 0 spiro atoms. The highest BCUT2D eigenvalue weighted by Crippen LogP contribution is 2.28. The highest BCUT2D eigenvalue weighted by molar-refractivity contribution is 6.08. The van der Waals surface area contributed by atoms with Gasteiger partial charge in [-0.2, -0.15) is 5.10 Å². The molecule has 1 aliphatic heterocycles. The number of carbonyl (C=O) groups is 2. The number of rotatable bonds is 3. The van der Waals surface area contributed by atoms with Gasteiger partial charge in [-0.15, -0.1) is 0 Å². The van der Waals surface area contributed by atoms with Crippen molar-refractivity contribution in [2.45, 2.75) is 57.6 Å². The van der Waals surface area contributed by atoms with Crippen LogP contribution in [-0.2, 0) is 14.3 Å². The summed E-state index contributed by atoms with van der Waals surface area (Å²) in [6, 6.07) is -0.261. The third kappa shape index (κ3) is 3.00. The maximum absolute atomic E-state index is 12.4. The Morgan fingerprint density at radius 1 is 1.40 bits per heavy atom. The predicted molar refractivity (Wildman–Crippen MR) is 73.0 cm³/mol. The van der Waals surface area contributed by atoms with E-state index < -0.39 is 18.0 Å². The summed E-state index contributed by atoms with van der Waals surface area (Å²) in [4.78, 5) is 23.8. The minimum absolute atomic E-state index is 0.0178. The fraction of sp³-hybridized carbons (Fsp3) is 0.786. The van der Waals surface area contributed by atoms with Crippen LogP contribution < -0.4 is 0 Å². The number of hydrogen-bond donors (Lipinski definition) is 1. The first-order valence-corrected chi connectivity index (χ1v) is 7.17. The van der Waals surface area contributed by atoms with Gasteiger partial charge in [0.05, 0.1) is 31.6 Å².